The van der Waals surface area contributed by atoms with Crippen LogP contribution in [-0.2, 0) is 0 Å². The standard InChI is InChI=1S/C15H19N3O/c1-3-13(10-18-15-11-16-8-9-17-15)19-14-7-5-4-6-12(14)2/h4-9,11,13H,3,10H2,1-2H3,(H,17,18). The van der Waals surface area contributed by atoms with Crippen LogP contribution in [0, 0.1) is 6.92 Å². The normalized spacial score (nSPS) is 11.9. The average Bonchev–Trinajstić information content (AvgIpc) is 2.46. The van der Waals surface area contributed by atoms with E-state index in [1.165, 1.54) is 0 Å². The Kier molecular flexibility index (Phi) is 4.72. The maximum atomic E-state index is 6.01. The molecule has 0 saturated carbocycles. The fraction of sp³-hybridized carbons (Fsp3) is 0.333. The Hall–Kier alpha value is -2.10. The van der Waals surface area contributed by atoms with Gasteiger partial charge in [-0.15, -0.1) is 0 Å². The van der Waals surface area contributed by atoms with Gasteiger partial charge < -0.3 is 10.1 Å². The summed E-state index contributed by atoms with van der Waals surface area (Å²) in [5, 5.41) is 3.24. The fourth-order valence-corrected chi connectivity index (χ4v) is 1.75. The number of nitrogens with zero attached hydrogens (tertiary/aromatic N) is 2. The summed E-state index contributed by atoms with van der Waals surface area (Å²) in [6, 6.07) is 8.06. The van der Waals surface area contributed by atoms with E-state index in [4.69, 9.17) is 4.74 Å². The minimum absolute atomic E-state index is 0.114. The second-order valence-electron chi connectivity index (χ2n) is 4.39. The molecule has 0 saturated heterocycles. The Balaban J connectivity index is 1.92. The Morgan fingerprint density at radius 3 is 2.79 bits per heavy atom. The van der Waals surface area contributed by atoms with Crippen LogP contribution < -0.4 is 10.1 Å². The molecule has 0 radical (unpaired) electrons. The number of anilines is 1. The topological polar surface area (TPSA) is 47.0 Å². The minimum Gasteiger partial charge on any atom is -0.488 e. The van der Waals surface area contributed by atoms with Gasteiger partial charge in [-0.25, -0.2) is 4.98 Å². The lowest BCUT2D eigenvalue weighted by molar-refractivity contribution is 0.208. The first-order valence-corrected chi connectivity index (χ1v) is 6.51. The molecule has 4 heteroatoms. The summed E-state index contributed by atoms with van der Waals surface area (Å²) < 4.78 is 6.01. The zero-order chi connectivity index (χ0) is 13.5. The van der Waals surface area contributed by atoms with Crippen LogP contribution in [0.4, 0.5) is 5.82 Å². The zero-order valence-corrected chi connectivity index (χ0v) is 11.3. The van der Waals surface area contributed by atoms with Crippen molar-refractivity contribution in [1.82, 2.24) is 9.97 Å². The first kappa shape index (κ1) is 13.3. The first-order chi connectivity index (χ1) is 9.29. The number of benzene rings is 1. The highest BCUT2D eigenvalue weighted by molar-refractivity contribution is 5.33. The summed E-state index contributed by atoms with van der Waals surface area (Å²) in [5.74, 6) is 1.71. The van der Waals surface area contributed by atoms with Crippen molar-refractivity contribution in [1.29, 1.82) is 0 Å². The van der Waals surface area contributed by atoms with Gasteiger partial charge in [0.1, 0.15) is 17.7 Å². The summed E-state index contributed by atoms with van der Waals surface area (Å²) in [7, 11) is 0. The van der Waals surface area contributed by atoms with Crippen LogP contribution >= 0.6 is 0 Å². The molecular formula is C15H19N3O. The number of aryl methyl sites for hydroxylation is 1. The lowest BCUT2D eigenvalue weighted by Crippen LogP contribution is -2.26. The highest BCUT2D eigenvalue weighted by Crippen LogP contribution is 2.18. The van der Waals surface area contributed by atoms with Gasteiger partial charge in [-0.05, 0) is 25.0 Å². The van der Waals surface area contributed by atoms with E-state index in [0.717, 1.165) is 23.6 Å². The molecule has 2 aromatic rings. The van der Waals surface area contributed by atoms with Crippen molar-refractivity contribution in [2.24, 2.45) is 0 Å². The molecular weight excluding hydrogens is 238 g/mol. The van der Waals surface area contributed by atoms with Gasteiger partial charge in [-0.2, -0.15) is 0 Å². The van der Waals surface area contributed by atoms with Crippen molar-refractivity contribution < 1.29 is 4.74 Å². The Morgan fingerprint density at radius 2 is 2.11 bits per heavy atom. The summed E-state index contributed by atoms with van der Waals surface area (Å²) in [5.41, 5.74) is 1.15. The van der Waals surface area contributed by atoms with E-state index in [9.17, 15) is 0 Å². The van der Waals surface area contributed by atoms with Gasteiger partial charge in [0.2, 0.25) is 0 Å². The highest BCUT2D eigenvalue weighted by Gasteiger charge is 2.09. The molecule has 1 N–H and O–H groups in total. The number of nitrogens with one attached hydrogen (secondary N) is 1. The number of hydrogen-bond donors (Lipinski definition) is 1. The van der Waals surface area contributed by atoms with Crippen molar-refractivity contribution in [2.75, 3.05) is 11.9 Å². The second kappa shape index (κ2) is 6.73. The van der Waals surface area contributed by atoms with E-state index in [1.807, 2.05) is 18.2 Å². The predicted molar refractivity (Wildman–Crippen MR) is 76.4 cm³/mol. The molecule has 0 aliphatic rings. The van der Waals surface area contributed by atoms with Gasteiger partial charge in [0.05, 0.1) is 12.7 Å². The van der Waals surface area contributed by atoms with Crippen LogP contribution in [0.5, 0.6) is 5.75 Å². The van der Waals surface area contributed by atoms with Crippen molar-refractivity contribution >= 4 is 5.82 Å². The maximum Gasteiger partial charge on any atom is 0.144 e. The Bertz CT molecular complexity index is 502. The third-order valence-corrected chi connectivity index (χ3v) is 2.92. The molecule has 0 amide bonds. The zero-order valence-electron chi connectivity index (χ0n) is 11.3. The second-order valence-corrected chi connectivity index (χ2v) is 4.39. The molecule has 0 aliphatic heterocycles. The molecule has 1 heterocycles. The molecule has 1 atom stereocenters. The average molecular weight is 257 g/mol. The number of ether oxygens (including phenoxy) is 1. The van der Waals surface area contributed by atoms with Crippen molar-refractivity contribution in [3.8, 4) is 5.75 Å². The Labute approximate surface area is 113 Å². The largest absolute Gasteiger partial charge is 0.488 e. The third-order valence-electron chi connectivity index (χ3n) is 2.92. The molecule has 0 fully saturated rings. The van der Waals surface area contributed by atoms with E-state index in [-0.39, 0.29) is 6.10 Å². The van der Waals surface area contributed by atoms with Crippen LogP contribution in [0.25, 0.3) is 0 Å². The van der Waals surface area contributed by atoms with Crippen LogP contribution in [0.3, 0.4) is 0 Å². The predicted octanol–water partition coefficient (Wildman–Crippen LogP) is 3.05. The van der Waals surface area contributed by atoms with Crippen LogP contribution in [0.15, 0.2) is 42.9 Å². The number of aromatic nitrogens is 2. The summed E-state index contributed by atoms with van der Waals surface area (Å²) in [6.07, 6.45) is 6.09. The van der Waals surface area contributed by atoms with Crippen LogP contribution in [0.2, 0.25) is 0 Å². The molecule has 1 aromatic carbocycles. The third kappa shape index (κ3) is 3.95. The number of para-hydroxylation sites is 1. The van der Waals surface area contributed by atoms with E-state index >= 15 is 0 Å². The smallest absolute Gasteiger partial charge is 0.144 e. The van der Waals surface area contributed by atoms with Gasteiger partial charge in [0.25, 0.3) is 0 Å². The van der Waals surface area contributed by atoms with Gasteiger partial charge in [-0.3, -0.25) is 4.98 Å². The van der Waals surface area contributed by atoms with Gasteiger partial charge in [0, 0.05) is 12.4 Å². The number of hydrogen-bond acceptors (Lipinski definition) is 4. The van der Waals surface area contributed by atoms with E-state index in [2.05, 4.69) is 35.2 Å². The van der Waals surface area contributed by atoms with Crippen molar-refractivity contribution in [3.05, 3.63) is 48.4 Å². The molecule has 1 aromatic heterocycles. The summed E-state index contributed by atoms with van der Waals surface area (Å²) in [6.45, 7) is 4.88. The molecule has 2 rings (SSSR count). The van der Waals surface area contributed by atoms with E-state index in [1.54, 1.807) is 18.6 Å². The monoisotopic (exact) mass is 257 g/mol. The van der Waals surface area contributed by atoms with Gasteiger partial charge in [0.15, 0.2) is 0 Å². The first-order valence-electron chi connectivity index (χ1n) is 6.51. The lowest BCUT2D eigenvalue weighted by Gasteiger charge is -2.19. The van der Waals surface area contributed by atoms with Crippen molar-refractivity contribution in [2.45, 2.75) is 26.4 Å². The molecule has 0 spiro atoms. The SMILES string of the molecule is CCC(CNc1cnccn1)Oc1ccccc1C. The van der Waals surface area contributed by atoms with Crippen molar-refractivity contribution in [3.63, 3.8) is 0 Å². The number of rotatable bonds is 6. The molecule has 0 bridgehead atoms. The molecule has 0 aliphatic carbocycles. The van der Waals surface area contributed by atoms with Gasteiger partial charge in [-0.1, -0.05) is 25.1 Å². The summed E-state index contributed by atoms with van der Waals surface area (Å²) in [4.78, 5) is 8.20. The molecule has 1 unspecified atom stereocenters. The fourth-order valence-electron chi connectivity index (χ4n) is 1.75. The summed E-state index contributed by atoms with van der Waals surface area (Å²) >= 11 is 0. The molecule has 4 nitrogen and oxygen atoms in total. The van der Waals surface area contributed by atoms with E-state index < -0.39 is 0 Å². The van der Waals surface area contributed by atoms with Crippen LogP contribution in [-0.4, -0.2) is 22.6 Å². The van der Waals surface area contributed by atoms with Crippen LogP contribution in [0.1, 0.15) is 18.9 Å². The minimum atomic E-state index is 0.114. The molecule has 100 valence electrons. The Morgan fingerprint density at radius 1 is 1.26 bits per heavy atom. The van der Waals surface area contributed by atoms with E-state index in [0.29, 0.717) is 6.54 Å². The highest BCUT2D eigenvalue weighted by atomic mass is 16.5. The lowest BCUT2D eigenvalue weighted by atomic mass is 10.2. The quantitative estimate of drug-likeness (QED) is 0.864. The molecule has 19 heavy (non-hydrogen) atoms. The maximum absolute atomic E-state index is 6.01. The van der Waals surface area contributed by atoms with Gasteiger partial charge >= 0.3 is 0 Å².